The van der Waals surface area contributed by atoms with Gasteiger partial charge >= 0.3 is 0 Å². The predicted molar refractivity (Wildman–Crippen MR) is 133 cm³/mol. The van der Waals surface area contributed by atoms with Crippen LogP contribution in [0.5, 0.6) is 0 Å². The van der Waals surface area contributed by atoms with E-state index in [0.717, 1.165) is 13.1 Å². The topological polar surface area (TPSA) is 106 Å². The molecule has 3 N–H and O–H groups in total. The van der Waals surface area contributed by atoms with Gasteiger partial charge in [0.2, 0.25) is 10.0 Å². The van der Waals surface area contributed by atoms with Crippen molar-refractivity contribution in [1.82, 2.24) is 19.8 Å². The number of hydrogen-bond donors (Lipinski definition) is 3. The van der Waals surface area contributed by atoms with Crippen molar-refractivity contribution in [2.24, 2.45) is 4.99 Å². The average molecular weight is 570 g/mol. The van der Waals surface area contributed by atoms with E-state index in [9.17, 15) is 13.5 Å². The fourth-order valence-electron chi connectivity index (χ4n) is 3.16. The summed E-state index contributed by atoms with van der Waals surface area (Å²) in [5.41, 5.74) is -0.330. The number of morpholine rings is 1. The molecular formula is C20H36IN5O4S. The van der Waals surface area contributed by atoms with E-state index in [1.54, 1.807) is 31.2 Å². The molecule has 1 aromatic rings. The summed E-state index contributed by atoms with van der Waals surface area (Å²) < 4.78 is 31.7. The van der Waals surface area contributed by atoms with Crippen LogP contribution in [-0.2, 0) is 21.3 Å². The number of β-amino-alcohol motifs (C(OH)–C–C–N with tert-alkyl or cyclic N) is 1. The van der Waals surface area contributed by atoms with Crippen molar-refractivity contribution in [3.8, 4) is 0 Å². The Hall–Kier alpha value is -0.990. The number of halogens is 1. The summed E-state index contributed by atoms with van der Waals surface area (Å²) in [5, 5.41) is 17.1. The number of rotatable bonds is 9. The fraction of sp³-hybridized carbons (Fsp3) is 0.650. The molecule has 0 radical (unpaired) electrons. The van der Waals surface area contributed by atoms with Crippen molar-refractivity contribution in [2.75, 3.05) is 60.0 Å². The van der Waals surface area contributed by atoms with Crippen LogP contribution in [0.25, 0.3) is 0 Å². The number of guanidine groups is 1. The zero-order valence-corrected chi connectivity index (χ0v) is 21.9. The fourth-order valence-corrected chi connectivity index (χ4v) is 4.27. The van der Waals surface area contributed by atoms with Gasteiger partial charge in [0, 0.05) is 46.8 Å². The van der Waals surface area contributed by atoms with Gasteiger partial charge in [-0.15, -0.1) is 24.0 Å². The Kier molecular flexibility index (Phi) is 11.7. The zero-order valence-electron chi connectivity index (χ0n) is 18.8. The molecule has 1 unspecified atom stereocenters. The molecule has 2 rings (SSSR count). The van der Waals surface area contributed by atoms with Crippen LogP contribution in [0.1, 0.15) is 19.4 Å². The van der Waals surface area contributed by atoms with Gasteiger partial charge in [0.15, 0.2) is 5.96 Å². The largest absolute Gasteiger partial charge is 0.387 e. The summed E-state index contributed by atoms with van der Waals surface area (Å²) >= 11 is 0. The van der Waals surface area contributed by atoms with Crippen molar-refractivity contribution in [3.63, 3.8) is 0 Å². The molecule has 1 fully saturated rings. The minimum atomic E-state index is -3.55. The minimum Gasteiger partial charge on any atom is -0.387 e. The lowest BCUT2D eigenvalue weighted by Crippen LogP contribution is -2.52. The van der Waals surface area contributed by atoms with E-state index in [-0.39, 0.29) is 35.4 Å². The second-order valence-corrected chi connectivity index (χ2v) is 9.95. The number of aliphatic hydroxyl groups is 1. The Morgan fingerprint density at radius 1 is 1.26 bits per heavy atom. The van der Waals surface area contributed by atoms with E-state index in [4.69, 9.17) is 4.74 Å². The molecule has 0 saturated carbocycles. The second-order valence-electron chi connectivity index (χ2n) is 7.83. The van der Waals surface area contributed by atoms with Crippen LogP contribution < -0.4 is 10.6 Å². The molecule has 9 nitrogen and oxygen atoms in total. The van der Waals surface area contributed by atoms with Crippen molar-refractivity contribution in [1.29, 1.82) is 0 Å². The van der Waals surface area contributed by atoms with Gasteiger partial charge in [-0.05, 0) is 25.5 Å². The van der Waals surface area contributed by atoms with Gasteiger partial charge in [0.05, 0.1) is 30.3 Å². The van der Waals surface area contributed by atoms with E-state index in [1.807, 2.05) is 6.92 Å². The highest BCUT2D eigenvalue weighted by molar-refractivity contribution is 14.0. The first-order chi connectivity index (χ1) is 14.2. The summed E-state index contributed by atoms with van der Waals surface area (Å²) in [6, 6.07) is 6.86. The van der Waals surface area contributed by atoms with Gasteiger partial charge in [-0.1, -0.05) is 18.2 Å². The number of aliphatic imine (C=N–C) groups is 1. The molecule has 0 bridgehead atoms. The number of nitrogens with zero attached hydrogens (tertiary/aromatic N) is 3. The minimum absolute atomic E-state index is 0. The van der Waals surface area contributed by atoms with Gasteiger partial charge in [-0.25, -0.2) is 17.7 Å². The highest BCUT2D eigenvalue weighted by Gasteiger charge is 2.26. The van der Waals surface area contributed by atoms with Gasteiger partial charge in [0.1, 0.15) is 0 Å². The lowest BCUT2D eigenvalue weighted by molar-refractivity contribution is -0.0201. The van der Waals surface area contributed by atoms with Crippen molar-refractivity contribution >= 4 is 40.0 Å². The first-order valence-corrected chi connectivity index (χ1v) is 11.6. The molecule has 31 heavy (non-hydrogen) atoms. The SMILES string of the molecule is CCNC(=NCc1ccccc1S(=O)(=O)N(C)C)NCC(C)(O)CN1CCOCC1.I. The Morgan fingerprint density at radius 2 is 1.90 bits per heavy atom. The molecule has 178 valence electrons. The molecule has 1 heterocycles. The highest BCUT2D eigenvalue weighted by Crippen LogP contribution is 2.19. The summed E-state index contributed by atoms with van der Waals surface area (Å²) in [4.78, 5) is 6.96. The lowest BCUT2D eigenvalue weighted by atomic mass is 10.1. The van der Waals surface area contributed by atoms with Crippen molar-refractivity contribution in [3.05, 3.63) is 29.8 Å². The van der Waals surface area contributed by atoms with Crippen LogP contribution in [0.15, 0.2) is 34.2 Å². The third-order valence-corrected chi connectivity index (χ3v) is 6.70. The molecule has 1 saturated heterocycles. The predicted octanol–water partition coefficient (Wildman–Crippen LogP) is 0.693. The quantitative estimate of drug-likeness (QED) is 0.228. The molecule has 0 amide bonds. The number of ether oxygens (including phenoxy) is 1. The maximum atomic E-state index is 12.6. The van der Waals surface area contributed by atoms with Gasteiger partial charge in [0.25, 0.3) is 0 Å². The molecular weight excluding hydrogens is 533 g/mol. The van der Waals surface area contributed by atoms with E-state index in [1.165, 1.54) is 18.4 Å². The van der Waals surface area contributed by atoms with Crippen LogP contribution in [0.4, 0.5) is 0 Å². The Balaban J connectivity index is 0.00000480. The molecule has 0 aliphatic carbocycles. The van der Waals surface area contributed by atoms with E-state index < -0.39 is 15.6 Å². The molecule has 0 spiro atoms. The Labute approximate surface area is 203 Å². The van der Waals surface area contributed by atoms with E-state index in [0.29, 0.717) is 44.4 Å². The summed E-state index contributed by atoms with van der Waals surface area (Å²) in [5.74, 6) is 0.525. The van der Waals surface area contributed by atoms with Crippen LogP contribution in [0.2, 0.25) is 0 Å². The smallest absolute Gasteiger partial charge is 0.242 e. The lowest BCUT2D eigenvalue weighted by Gasteiger charge is -2.34. The molecule has 1 aliphatic heterocycles. The maximum Gasteiger partial charge on any atom is 0.242 e. The second kappa shape index (κ2) is 12.9. The van der Waals surface area contributed by atoms with Crippen molar-refractivity contribution in [2.45, 2.75) is 30.9 Å². The standard InChI is InChI=1S/C20H35N5O4S.HI/c1-5-21-19(23-15-20(2,26)16-25-10-12-29-13-11-25)22-14-17-8-6-7-9-18(17)30(27,28)24(3)4;/h6-9,26H,5,10-16H2,1-4H3,(H2,21,22,23);1H. The molecule has 11 heteroatoms. The van der Waals surface area contributed by atoms with Gasteiger partial charge < -0.3 is 20.5 Å². The molecule has 1 aromatic carbocycles. The summed E-state index contributed by atoms with van der Waals surface area (Å²) in [6.45, 7) is 8.42. The third-order valence-electron chi connectivity index (χ3n) is 4.79. The van der Waals surface area contributed by atoms with E-state index >= 15 is 0 Å². The molecule has 0 aromatic heterocycles. The van der Waals surface area contributed by atoms with Crippen LogP contribution in [0, 0.1) is 0 Å². The van der Waals surface area contributed by atoms with E-state index in [2.05, 4.69) is 20.5 Å². The molecule has 1 atom stereocenters. The first kappa shape index (κ1) is 28.0. The Bertz CT molecular complexity index is 812. The van der Waals surface area contributed by atoms with Crippen LogP contribution in [0.3, 0.4) is 0 Å². The summed E-state index contributed by atoms with van der Waals surface area (Å²) in [6.07, 6.45) is 0. The number of hydrogen-bond acceptors (Lipinski definition) is 6. The number of nitrogens with one attached hydrogen (secondary N) is 2. The van der Waals surface area contributed by atoms with Gasteiger partial charge in [-0.3, -0.25) is 4.90 Å². The third kappa shape index (κ3) is 8.81. The number of benzene rings is 1. The summed E-state index contributed by atoms with van der Waals surface area (Å²) in [7, 11) is -0.529. The van der Waals surface area contributed by atoms with Crippen LogP contribution in [-0.4, -0.2) is 94.3 Å². The van der Waals surface area contributed by atoms with Crippen LogP contribution >= 0.6 is 24.0 Å². The normalized spacial score (nSPS) is 17.7. The molecule has 1 aliphatic rings. The van der Waals surface area contributed by atoms with Gasteiger partial charge in [-0.2, -0.15) is 0 Å². The Morgan fingerprint density at radius 3 is 2.52 bits per heavy atom. The maximum absolute atomic E-state index is 12.6. The van der Waals surface area contributed by atoms with Crippen molar-refractivity contribution < 1.29 is 18.3 Å². The average Bonchev–Trinajstić information content (AvgIpc) is 2.70. The zero-order chi connectivity index (χ0) is 22.2. The first-order valence-electron chi connectivity index (χ1n) is 10.2. The highest BCUT2D eigenvalue weighted by atomic mass is 127. The number of sulfonamides is 1. The monoisotopic (exact) mass is 569 g/mol.